The number of rotatable bonds is 14. The second-order valence-electron chi connectivity index (χ2n) is 10.9. The Bertz CT molecular complexity index is 1510. The molecule has 0 aliphatic carbocycles. The molecule has 0 saturated carbocycles. The van der Waals surface area contributed by atoms with Crippen LogP contribution in [0.25, 0.3) is 0 Å². The van der Waals surface area contributed by atoms with Crippen molar-refractivity contribution in [2.45, 2.75) is 63.0 Å². The normalized spacial score (nSPS) is 22.9. The molecule has 1 heterocycles. The molecule has 0 aromatic heterocycles. The summed E-state index contributed by atoms with van der Waals surface area (Å²) in [6.45, 7) is -0.316. The quantitative estimate of drug-likeness (QED) is 0.129. The Morgan fingerprint density at radius 2 is 1.04 bits per heavy atom. The van der Waals surface area contributed by atoms with Gasteiger partial charge in [0.15, 0.2) is 6.10 Å². The predicted molar refractivity (Wildman–Crippen MR) is 163 cm³/mol. The van der Waals surface area contributed by atoms with Crippen LogP contribution >= 0.6 is 0 Å². The van der Waals surface area contributed by atoms with Gasteiger partial charge in [-0.15, -0.1) is 0 Å². The molecule has 4 aromatic carbocycles. The van der Waals surface area contributed by atoms with Crippen molar-refractivity contribution in [1.82, 2.24) is 0 Å². The van der Waals surface area contributed by atoms with E-state index < -0.39 is 42.5 Å². The molecule has 1 aliphatic heterocycles. The molecule has 5 rings (SSSR count). The van der Waals surface area contributed by atoms with Crippen molar-refractivity contribution < 1.29 is 51.5 Å². The molecule has 5 atom stereocenters. The molecule has 11 heteroatoms. The van der Waals surface area contributed by atoms with Crippen LogP contribution in [0.3, 0.4) is 0 Å². The molecule has 4 aromatic rings. The lowest BCUT2D eigenvalue weighted by Gasteiger charge is -2.48. The Balaban J connectivity index is 1.50. The molecule has 1 unspecified atom stereocenters. The molecular weight excluding hydrogens is 617 g/mol. The summed E-state index contributed by atoms with van der Waals surface area (Å²) < 4.78 is 75.7. The number of ether oxygens (including phenoxy) is 6. The summed E-state index contributed by atoms with van der Waals surface area (Å²) in [5, 5.41) is 11.7. The lowest BCUT2D eigenvalue weighted by atomic mass is 9.96. The third kappa shape index (κ3) is 9.71. The molecular formula is C36H35F3O8. The molecule has 8 nitrogen and oxygen atoms in total. The number of hydrogen-bond acceptors (Lipinski definition) is 8. The molecule has 0 amide bonds. The fraction of sp³-hybridized carbons (Fsp3) is 0.306. The first-order valence-corrected chi connectivity index (χ1v) is 15.0. The summed E-state index contributed by atoms with van der Waals surface area (Å²) in [6, 6.07) is 36.2. The van der Waals surface area contributed by atoms with Gasteiger partial charge in [0.25, 0.3) is 0 Å². The highest BCUT2D eigenvalue weighted by molar-refractivity contribution is 5.75. The maximum Gasteiger partial charge on any atom is 0.491 e. The number of halogens is 3. The Labute approximate surface area is 270 Å². The largest absolute Gasteiger partial charge is 0.491 e. The molecule has 1 fully saturated rings. The van der Waals surface area contributed by atoms with E-state index >= 15 is 0 Å². The predicted octanol–water partition coefficient (Wildman–Crippen LogP) is 6.11. The first-order chi connectivity index (χ1) is 22.7. The highest BCUT2D eigenvalue weighted by atomic mass is 19.4. The van der Waals surface area contributed by atoms with Crippen LogP contribution in [0.1, 0.15) is 22.3 Å². The molecule has 1 N–H and O–H groups in total. The van der Waals surface area contributed by atoms with Gasteiger partial charge in [-0.25, -0.2) is 4.79 Å². The number of carbonyl (C=O) groups is 1. The average molecular weight is 653 g/mol. The third-order valence-electron chi connectivity index (χ3n) is 7.38. The van der Waals surface area contributed by atoms with Crippen LogP contribution < -0.4 is 0 Å². The van der Waals surface area contributed by atoms with E-state index in [2.05, 4.69) is 4.74 Å². The standard InChI is InChI=1S/C36H35F3O8/c37-35(38,39)34(40)47-36(41)33(45-24-29-19-11-4-12-20-29)32(44-23-28-17-9-3-10-18-28)31(43-22-27-15-7-2-8-16-27)30(46-36)25-42-21-26-13-5-1-6-14-26/h1-20,30-33,41H,21-25H2/t30-,31-,32+,33-,36?/m1/s1. The summed E-state index contributed by atoms with van der Waals surface area (Å²) in [5.41, 5.74) is 2.98. The first-order valence-electron chi connectivity index (χ1n) is 15.0. The number of carbonyl (C=O) groups excluding carboxylic acids is 1. The van der Waals surface area contributed by atoms with Crippen LogP contribution in [0.4, 0.5) is 13.2 Å². The van der Waals surface area contributed by atoms with E-state index in [9.17, 15) is 23.1 Å². The third-order valence-corrected chi connectivity index (χ3v) is 7.38. The highest BCUT2D eigenvalue weighted by Gasteiger charge is 2.61. The van der Waals surface area contributed by atoms with E-state index in [1.165, 1.54) is 0 Å². The van der Waals surface area contributed by atoms with Gasteiger partial charge in [-0.1, -0.05) is 121 Å². The van der Waals surface area contributed by atoms with E-state index in [0.717, 1.165) is 16.7 Å². The Morgan fingerprint density at radius 1 is 0.638 bits per heavy atom. The number of benzene rings is 4. The smallest absolute Gasteiger partial charge is 0.399 e. The van der Waals surface area contributed by atoms with Gasteiger partial charge < -0.3 is 33.5 Å². The maximum atomic E-state index is 13.5. The van der Waals surface area contributed by atoms with Gasteiger partial charge in [0.1, 0.15) is 18.3 Å². The van der Waals surface area contributed by atoms with Crippen molar-refractivity contribution in [2.75, 3.05) is 6.61 Å². The van der Waals surface area contributed by atoms with Gasteiger partial charge in [0.2, 0.25) is 0 Å². The zero-order chi connectivity index (χ0) is 33.1. The zero-order valence-electron chi connectivity index (χ0n) is 25.3. The van der Waals surface area contributed by atoms with E-state index in [0.29, 0.717) is 5.56 Å². The summed E-state index contributed by atoms with van der Waals surface area (Å²) in [6.07, 6.45) is -10.9. The molecule has 1 aliphatic rings. The van der Waals surface area contributed by atoms with Gasteiger partial charge in [-0.3, -0.25) is 0 Å². The summed E-state index contributed by atoms with van der Waals surface area (Å²) in [7, 11) is 0. The van der Waals surface area contributed by atoms with E-state index in [1.807, 2.05) is 66.7 Å². The van der Waals surface area contributed by atoms with Crippen molar-refractivity contribution in [2.24, 2.45) is 0 Å². The minimum absolute atomic E-state index is 0.0389. The minimum atomic E-state index is -5.44. The lowest BCUT2D eigenvalue weighted by Crippen LogP contribution is -2.68. The van der Waals surface area contributed by atoms with Gasteiger partial charge >= 0.3 is 18.1 Å². The Morgan fingerprint density at radius 3 is 1.49 bits per heavy atom. The Kier molecular flexibility index (Phi) is 11.8. The molecule has 0 radical (unpaired) electrons. The van der Waals surface area contributed by atoms with Crippen molar-refractivity contribution in [3.8, 4) is 0 Å². The highest BCUT2D eigenvalue weighted by Crippen LogP contribution is 2.38. The van der Waals surface area contributed by atoms with E-state index in [1.54, 1.807) is 54.6 Å². The zero-order valence-corrected chi connectivity index (χ0v) is 25.3. The van der Waals surface area contributed by atoms with Gasteiger partial charge in [0, 0.05) is 0 Å². The number of aliphatic hydroxyl groups is 1. The van der Waals surface area contributed by atoms with Crippen molar-refractivity contribution in [3.05, 3.63) is 144 Å². The van der Waals surface area contributed by atoms with Gasteiger partial charge in [-0.2, -0.15) is 13.2 Å². The van der Waals surface area contributed by atoms with Gasteiger partial charge in [0.05, 0.1) is 33.0 Å². The maximum absolute atomic E-state index is 13.5. The molecule has 248 valence electrons. The number of alkyl halides is 3. The summed E-state index contributed by atoms with van der Waals surface area (Å²) >= 11 is 0. The van der Waals surface area contributed by atoms with E-state index in [4.69, 9.17) is 23.7 Å². The second-order valence-corrected chi connectivity index (χ2v) is 10.9. The SMILES string of the molecule is O=C(OC1(O)O[C@H](COCc2ccccc2)[C@@H](OCc2ccccc2)[C@H](OCc2ccccc2)[C@H]1OCc1ccccc1)C(F)(F)F. The topological polar surface area (TPSA) is 92.7 Å². The summed E-state index contributed by atoms with van der Waals surface area (Å²) in [4.78, 5) is 12.2. The van der Waals surface area contributed by atoms with Crippen LogP contribution in [0.2, 0.25) is 0 Å². The fourth-order valence-corrected chi connectivity index (χ4v) is 5.09. The summed E-state index contributed by atoms with van der Waals surface area (Å²) in [5.74, 6) is -5.90. The molecule has 0 bridgehead atoms. The van der Waals surface area contributed by atoms with Crippen LogP contribution in [-0.4, -0.2) is 54.2 Å². The Hall–Kier alpha value is -4.10. The van der Waals surface area contributed by atoms with Crippen LogP contribution in [0, 0.1) is 0 Å². The monoisotopic (exact) mass is 652 g/mol. The first kappa shape index (κ1) is 34.2. The number of hydrogen-bond donors (Lipinski definition) is 1. The van der Waals surface area contributed by atoms with E-state index in [-0.39, 0.29) is 33.0 Å². The molecule has 0 spiro atoms. The second kappa shape index (κ2) is 16.1. The molecule has 1 saturated heterocycles. The average Bonchev–Trinajstić information content (AvgIpc) is 3.08. The lowest BCUT2D eigenvalue weighted by molar-refractivity contribution is -0.450. The van der Waals surface area contributed by atoms with Gasteiger partial charge in [-0.05, 0) is 22.3 Å². The molecule has 47 heavy (non-hydrogen) atoms. The van der Waals surface area contributed by atoms with Crippen LogP contribution in [0.5, 0.6) is 0 Å². The number of esters is 1. The van der Waals surface area contributed by atoms with Crippen molar-refractivity contribution in [1.29, 1.82) is 0 Å². The van der Waals surface area contributed by atoms with Crippen LogP contribution in [-0.2, 0) is 59.6 Å². The minimum Gasteiger partial charge on any atom is -0.399 e. The van der Waals surface area contributed by atoms with Crippen LogP contribution in [0.15, 0.2) is 121 Å². The van der Waals surface area contributed by atoms with Crippen molar-refractivity contribution in [3.63, 3.8) is 0 Å². The van der Waals surface area contributed by atoms with Crippen molar-refractivity contribution >= 4 is 5.97 Å². The fourth-order valence-electron chi connectivity index (χ4n) is 5.09.